The van der Waals surface area contributed by atoms with E-state index in [0.29, 0.717) is 29.9 Å². The number of thiocarbonyl (C=S) groups is 1. The molecule has 8 nitrogen and oxygen atoms in total. The first-order chi connectivity index (χ1) is 15.3. The summed E-state index contributed by atoms with van der Waals surface area (Å²) in [6.07, 6.45) is 3.84. The molecule has 1 aliphatic heterocycles. The van der Waals surface area contributed by atoms with Crippen LogP contribution in [-0.4, -0.2) is 49.9 Å². The van der Waals surface area contributed by atoms with Gasteiger partial charge in [0.25, 0.3) is 5.91 Å². The summed E-state index contributed by atoms with van der Waals surface area (Å²) >= 11 is 5.18. The maximum absolute atomic E-state index is 12.9. The van der Waals surface area contributed by atoms with Crippen LogP contribution in [0.2, 0.25) is 0 Å². The Morgan fingerprint density at radius 2 is 1.47 bits per heavy atom. The Labute approximate surface area is 193 Å². The van der Waals surface area contributed by atoms with Gasteiger partial charge in [-0.2, -0.15) is 4.31 Å². The second-order valence-corrected chi connectivity index (χ2v) is 9.67. The van der Waals surface area contributed by atoms with E-state index in [-0.39, 0.29) is 10.0 Å². The highest BCUT2D eigenvalue weighted by molar-refractivity contribution is 7.89. The number of amides is 1. The average molecular weight is 476 g/mol. The molecule has 2 aromatic carbocycles. The Morgan fingerprint density at radius 1 is 0.906 bits per heavy atom. The molecule has 10 heteroatoms. The molecule has 2 aromatic rings. The lowest BCUT2D eigenvalue weighted by Crippen LogP contribution is -2.34. The normalized spacial score (nSPS) is 14.8. The van der Waals surface area contributed by atoms with Crippen molar-refractivity contribution in [1.29, 1.82) is 0 Å². The van der Waals surface area contributed by atoms with Crippen molar-refractivity contribution in [3.63, 3.8) is 0 Å². The number of rotatable bonds is 5. The number of benzene rings is 2. The molecule has 0 aromatic heterocycles. The highest BCUT2D eigenvalue weighted by Crippen LogP contribution is 2.21. The van der Waals surface area contributed by atoms with Crippen molar-refractivity contribution >= 4 is 44.9 Å². The lowest BCUT2D eigenvalue weighted by atomic mass is 10.1. The second-order valence-electron chi connectivity index (χ2n) is 7.32. The highest BCUT2D eigenvalue weighted by atomic mass is 32.2. The molecule has 2 N–H and O–H groups in total. The Morgan fingerprint density at radius 3 is 2.03 bits per heavy atom. The number of ether oxygens (including phenoxy) is 1. The summed E-state index contributed by atoms with van der Waals surface area (Å²) in [5, 5.41) is 5.48. The lowest BCUT2D eigenvalue weighted by Gasteiger charge is -2.20. The fraction of sp³-hybridized carbons (Fsp3) is 0.318. The first-order valence-electron chi connectivity index (χ1n) is 10.2. The number of carbonyl (C=O) groups excluding carboxylic acids is 2. The molecule has 0 saturated carbocycles. The van der Waals surface area contributed by atoms with Gasteiger partial charge in [-0.05, 0) is 73.6 Å². The zero-order valence-corrected chi connectivity index (χ0v) is 19.3. The van der Waals surface area contributed by atoms with Gasteiger partial charge in [-0.1, -0.05) is 12.8 Å². The predicted molar refractivity (Wildman–Crippen MR) is 125 cm³/mol. The summed E-state index contributed by atoms with van der Waals surface area (Å²) in [5.74, 6) is -0.935. The van der Waals surface area contributed by atoms with Crippen molar-refractivity contribution in [3.8, 4) is 0 Å². The molecular weight excluding hydrogens is 450 g/mol. The van der Waals surface area contributed by atoms with Gasteiger partial charge in [-0.3, -0.25) is 10.1 Å². The van der Waals surface area contributed by atoms with E-state index in [4.69, 9.17) is 12.2 Å². The molecule has 0 unspecified atom stereocenters. The van der Waals surface area contributed by atoms with Crippen molar-refractivity contribution in [2.24, 2.45) is 0 Å². The number of esters is 1. The van der Waals surface area contributed by atoms with Crippen LogP contribution in [0.25, 0.3) is 0 Å². The summed E-state index contributed by atoms with van der Waals surface area (Å²) in [7, 11) is -2.25. The largest absolute Gasteiger partial charge is 0.465 e. The summed E-state index contributed by atoms with van der Waals surface area (Å²) in [5.41, 5.74) is 1.20. The number of hydrogen-bond donors (Lipinski definition) is 2. The quantitative estimate of drug-likeness (QED) is 0.506. The van der Waals surface area contributed by atoms with E-state index in [2.05, 4.69) is 15.4 Å². The van der Waals surface area contributed by atoms with E-state index in [1.807, 2.05) is 0 Å². The lowest BCUT2D eigenvalue weighted by molar-refractivity contribution is 0.0600. The Kier molecular flexibility index (Phi) is 7.94. The summed E-state index contributed by atoms with van der Waals surface area (Å²) in [4.78, 5) is 24.0. The van der Waals surface area contributed by atoms with Crippen molar-refractivity contribution in [2.45, 2.75) is 30.6 Å². The molecule has 32 heavy (non-hydrogen) atoms. The number of sulfonamides is 1. The van der Waals surface area contributed by atoms with E-state index in [1.54, 1.807) is 16.4 Å². The van der Waals surface area contributed by atoms with Crippen LogP contribution in [0, 0.1) is 0 Å². The van der Waals surface area contributed by atoms with Crippen LogP contribution in [-0.2, 0) is 14.8 Å². The first kappa shape index (κ1) is 23.8. The zero-order chi connectivity index (χ0) is 23.1. The highest BCUT2D eigenvalue weighted by Gasteiger charge is 2.25. The van der Waals surface area contributed by atoms with Gasteiger partial charge < -0.3 is 10.1 Å². The van der Waals surface area contributed by atoms with Gasteiger partial charge in [-0.25, -0.2) is 13.2 Å². The average Bonchev–Trinajstić information content (AvgIpc) is 3.09. The number of anilines is 1. The van der Waals surface area contributed by atoms with Gasteiger partial charge in [-0.15, -0.1) is 0 Å². The van der Waals surface area contributed by atoms with Gasteiger partial charge >= 0.3 is 5.97 Å². The van der Waals surface area contributed by atoms with Crippen LogP contribution in [0.1, 0.15) is 46.4 Å². The van der Waals surface area contributed by atoms with Crippen LogP contribution in [0.4, 0.5) is 5.69 Å². The predicted octanol–water partition coefficient (Wildman–Crippen LogP) is 3.16. The Hall–Kier alpha value is -2.82. The maximum Gasteiger partial charge on any atom is 0.337 e. The molecular formula is C22H25N3O5S2. The molecule has 1 saturated heterocycles. The summed E-state index contributed by atoms with van der Waals surface area (Å²) in [6, 6.07) is 12.2. The molecule has 0 aliphatic carbocycles. The summed E-state index contributed by atoms with van der Waals surface area (Å²) < 4.78 is 31.9. The monoisotopic (exact) mass is 475 g/mol. The minimum atomic E-state index is -3.53. The molecule has 0 spiro atoms. The van der Waals surface area contributed by atoms with Crippen molar-refractivity contribution in [2.75, 3.05) is 25.5 Å². The number of methoxy groups -OCH3 is 1. The molecule has 0 radical (unpaired) electrons. The van der Waals surface area contributed by atoms with Gasteiger partial charge in [0.1, 0.15) is 0 Å². The minimum Gasteiger partial charge on any atom is -0.465 e. The third-order valence-electron chi connectivity index (χ3n) is 5.11. The molecule has 3 rings (SSSR count). The van der Waals surface area contributed by atoms with Crippen LogP contribution in [0.5, 0.6) is 0 Å². The molecule has 0 atom stereocenters. The van der Waals surface area contributed by atoms with Crippen LogP contribution in [0.3, 0.4) is 0 Å². The topological polar surface area (TPSA) is 105 Å². The molecule has 1 fully saturated rings. The number of carbonyl (C=O) groups is 2. The van der Waals surface area contributed by atoms with E-state index < -0.39 is 21.9 Å². The minimum absolute atomic E-state index is 0.0650. The molecule has 1 amide bonds. The van der Waals surface area contributed by atoms with E-state index in [9.17, 15) is 18.0 Å². The number of nitrogens with one attached hydrogen (secondary N) is 2. The fourth-order valence-corrected chi connectivity index (χ4v) is 5.08. The van der Waals surface area contributed by atoms with Crippen LogP contribution in [0.15, 0.2) is 53.4 Å². The number of hydrogen-bond acceptors (Lipinski definition) is 6. The number of nitrogens with zero attached hydrogens (tertiary/aromatic N) is 1. The molecule has 0 bridgehead atoms. The standard InChI is InChI=1S/C22H25N3O5S2/c1-30-21(27)17-8-6-16(7-9-17)20(26)24-22(31)23-18-10-12-19(13-11-18)32(28,29)25-14-4-2-3-5-15-25/h6-13H,2-5,14-15H2,1H3,(H2,23,24,26,31). The first-order valence-corrected chi connectivity index (χ1v) is 12.1. The third-order valence-corrected chi connectivity index (χ3v) is 7.23. The van der Waals surface area contributed by atoms with Crippen LogP contribution >= 0.6 is 12.2 Å². The third kappa shape index (κ3) is 5.90. The van der Waals surface area contributed by atoms with E-state index in [1.165, 1.54) is 43.5 Å². The van der Waals surface area contributed by atoms with Gasteiger partial charge in [0.15, 0.2) is 5.11 Å². The summed E-state index contributed by atoms with van der Waals surface area (Å²) in [6.45, 7) is 1.08. The zero-order valence-electron chi connectivity index (χ0n) is 17.7. The Bertz CT molecular complexity index is 1080. The van der Waals surface area contributed by atoms with E-state index >= 15 is 0 Å². The van der Waals surface area contributed by atoms with Crippen LogP contribution < -0.4 is 10.6 Å². The smallest absolute Gasteiger partial charge is 0.337 e. The van der Waals surface area contributed by atoms with Crippen molar-refractivity contribution in [3.05, 3.63) is 59.7 Å². The second kappa shape index (κ2) is 10.7. The SMILES string of the molecule is COC(=O)c1ccc(C(=O)NC(=S)Nc2ccc(S(=O)(=O)N3CCCCCC3)cc2)cc1. The van der Waals surface area contributed by atoms with Gasteiger partial charge in [0.2, 0.25) is 10.0 Å². The van der Waals surface area contributed by atoms with Gasteiger partial charge in [0.05, 0.1) is 17.6 Å². The fourth-order valence-electron chi connectivity index (χ4n) is 3.35. The van der Waals surface area contributed by atoms with Crippen molar-refractivity contribution < 1.29 is 22.7 Å². The van der Waals surface area contributed by atoms with Gasteiger partial charge in [0, 0.05) is 24.3 Å². The maximum atomic E-state index is 12.9. The van der Waals surface area contributed by atoms with E-state index in [0.717, 1.165) is 25.7 Å². The molecule has 1 heterocycles. The molecule has 170 valence electrons. The molecule has 1 aliphatic rings. The van der Waals surface area contributed by atoms with Crippen molar-refractivity contribution in [1.82, 2.24) is 9.62 Å². The Balaban J connectivity index is 1.59.